The zero-order chi connectivity index (χ0) is 105. The molecule has 32 heteroatoms. The zero-order valence-corrected chi connectivity index (χ0v) is 98.0. The van der Waals surface area contributed by atoms with Crippen molar-refractivity contribution in [2.24, 2.45) is 0 Å². The van der Waals surface area contributed by atoms with Crippen LogP contribution in [0, 0.1) is 0 Å². The third kappa shape index (κ3) is 23.5. The van der Waals surface area contributed by atoms with Crippen molar-refractivity contribution >= 4 is 71.4 Å². The summed E-state index contributed by atoms with van der Waals surface area (Å²) in [6, 6.07) is 1.18. The summed E-state index contributed by atoms with van der Waals surface area (Å²) in [6.07, 6.45) is 16.4. The van der Waals surface area contributed by atoms with Gasteiger partial charge in [-0.25, -0.2) is 0 Å². The first-order valence-electron chi connectivity index (χ1n) is 53.6. The maximum absolute atomic E-state index is 5.88. The molecule has 0 bridgehead atoms. The minimum Gasteiger partial charge on any atom is -0.354 e. The van der Waals surface area contributed by atoms with Gasteiger partial charge in [0.1, 0.15) is 0 Å². The van der Waals surface area contributed by atoms with Gasteiger partial charge >= 0.3 is 0 Å². The van der Waals surface area contributed by atoms with Crippen molar-refractivity contribution < 1.29 is 0 Å². The van der Waals surface area contributed by atoms with Gasteiger partial charge < -0.3 is 59.6 Å². The highest BCUT2D eigenvalue weighted by molar-refractivity contribution is 5.53. The van der Waals surface area contributed by atoms with Crippen LogP contribution < -0.4 is 59.6 Å². The standard InChI is InChI=1S/C108H202N32/c1-93(2)57-73(58-94(3,4)131(93)41)123(33)83-111-81(112-84(115-83)124(34)74-59-95(5,6)132(42)96(7,8)60-74)109-51-49-53-139(91-119-87(127(37)77-65-101(17,18)135(45)102(19,20)66-77)117-88(120-91)128(38)78-67-103(21,22)136(46)104(23,24)68-78)55-56-140(92-121-89(129(39)79-69-105(25,26)137(47)106(27,28)70-79)118-90(122-92)130(40)80-71-107(29,30)138(48)108(31,32)72-80)54-50-52-110-82-113-85(125(35)75-61-97(9,10)133(43)98(11,12)62-75)116-86(114-82)126(36)76-63-99(13,14)134(44)100(15,16)64-76/h73-80H,49-72H2,1-48H3,(H,109,111,112,115)(H,110,113,114,116). The number of piperidine rings is 8. The lowest BCUT2D eigenvalue weighted by atomic mass is 9.77. The van der Waals surface area contributed by atoms with E-state index < -0.39 is 0 Å². The monoisotopic (exact) mass is 1950 g/mol. The number of rotatable bonds is 31. The summed E-state index contributed by atoms with van der Waals surface area (Å²) in [6.45, 7) is 79.5. The van der Waals surface area contributed by atoms with Crippen LogP contribution in [0.25, 0.3) is 0 Å². The second kappa shape index (κ2) is 39.2. The first kappa shape index (κ1) is 112. The Morgan fingerprint density at radius 2 is 0.300 bits per heavy atom. The fraction of sp³-hybridized carbons (Fsp3) is 0.889. The maximum atomic E-state index is 5.88. The normalized spacial score (nSPS) is 25.2. The lowest BCUT2D eigenvalue weighted by Crippen LogP contribution is -2.62. The highest BCUT2D eigenvalue weighted by Crippen LogP contribution is 2.50. The molecule has 0 atom stereocenters. The quantitative estimate of drug-likeness (QED) is 0.0445. The van der Waals surface area contributed by atoms with Gasteiger partial charge in [-0.1, -0.05) is 0 Å². The third-order valence-electron chi connectivity index (χ3n) is 38.6. The van der Waals surface area contributed by atoms with Gasteiger partial charge in [-0.05, 0) is 394 Å². The third-order valence-corrected chi connectivity index (χ3v) is 38.6. The van der Waals surface area contributed by atoms with Crippen LogP contribution in [0.4, 0.5) is 71.4 Å². The van der Waals surface area contributed by atoms with Crippen LogP contribution in [0.3, 0.4) is 0 Å². The van der Waals surface area contributed by atoms with E-state index in [2.05, 4.69) is 433 Å². The predicted molar refractivity (Wildman–Crippen MR) is 589 cm³/mol. The summed E-state index contributed by atoms with van der Waals surface area (Å²) < 4.78 is 0. The summed E-state index contributed by atoms with van der Waals surface area (Å²) in [5, 5.41) is 7.82. The van der Waals surface area contributed by atoms with E-state index in [1.165, 1.54) is 0 Å². The Morgan fingerprint density at radius 1 is 0.186 bits per heavy atom. The highest BCUT2D eigenvalue weighted by atomic mass is 15.5. The molecule has 8 fully saturated rings. The molecule has 32 nitrogen and oxygen atoms in total. The van der Waals surface area contributed by atoms with E-state index in [9.17, 15) is 0 Å². The summed E-state index contributed by atoms with van der Waals surface area (Å²) in [5.74, 6) is 7.74. The molecule has 12 rings (SSSR count). The molecule has 0 unspecified atom stereocenters. The number of aromatic nitrogens is 12. The molecule has 0 radical (unpaired) electrons. The van der Waals surface area contributed by atoms with Crippen molar-refractivity contribution in [2.45, 2.75) is 474 Å². The first-order valence-corrected chi connectivity index (χ1v) is 53.6. The largest absolute Gasteiger partial charge is 0.354 e. The smallest absolute Gasteiger partial charge is 0.232 e. The topological polar surface area (TPSA) is 237 Å². The van der Waals surface area contributed by atoms with Crippen molar-refractivity contribution in [3.05, 3.63) is 0 Å². The van der Waals surface area contributed by atoms with Crippen molar-refractivity contribution in [3.8, 4) is 0 Å². The summed E-state index contributed by atoms with van der Waals surface area (Å²) in [7, 11) is 36.1. The molecule has 8 aliphatic heterocycles. The number of nitrogens with one attached hydrogen (secondary N) is 2. The molecule has 4 aromatic heterocycles. The lowest BCUT2D eigenvalue weighted by molar-refractivity contribution is -0.0127. The molecule has 0 aromatic carbocycles. The van der Waals surface area contributed by atoms with Gasteiger partial charge in [-0.15, -0.1) is 0 Å². The van der Waals surface area contributed by atoms with Gasteiger partial charge in [0.05, 0.1) is 0 Å². The maximum Gasteiger partial charge on any atom is 0.232 e. The molecule has 794 valence electrons. The van der Waals surface area contributed by atoms with Gasteiger partial charge in [0.25, 0.3) is 0 Å². The molecule has 0 spiro atoms. The fourth-order valence-corrected chi connectivity index (χ4v) is 26.9. The Hall–Kier alpha value is -6.68. The van der Waals surface area contributed by atoms with E-state index in [0.29, 0.717) is 123 Å². The van der Waals surface area contributed by atoms with Crippen LogP contribution >= 0.6 is 0 Å². The van der Waals surface area contributed by atoms with Crippen molar-refractivity contribution in [3.63, 3.8) is 0 Å². The Labute approximate surface area is 851 Å². The van der Waals surface area contributed by atoms with Crippen LogP contribution in [-0.2, 0) is 0 Å². The lowest BCUT2D eigenvalue weighted by Gasteiger charge is -2.55. The minimum atomic E-state index is -0.113. The molecule has 8 saturated heterocycles. The van der Waals surface area contributed by atoms with E-state index >= 15 is 0 Å². The van der Waals surface area contributed by atoms with E-state index in [1.807, 2.05) is 0 Å². The molecule has 140 heavy (non-hydrogen) atoms. The van der Waals surface area contributed by atoms with Gasteiger partial charge in [-0.3, -0.25) is 39.2 Å². The minimum absolute atomic E-state index is 0.0639. The Morgan fingerprint density at radius 3 is 0.429 bits per heavy atom. The summed E-state index contributed by atoms with van der Waals surface area (Å²) in [5.41, 5.74) is -1.41. The molecule has 2 N–H and O–H groups in total. The van der Waals surface area contributed by atoms with Crippen LogP contribution in [0.2, 0.25) is 0 Å². The number of hydrogen-bond acceptors (Lipinski definition) is 32. The fourth-order valence-electron chi connectivity index (χ4n) is 26.9. The SMILES string of the molecule is CN(c1nc(NCCCN(CCN(CCCNc2nc(N(C)C3CC(C)(C)N(C)C(C)(C)C3)nc(N(C)C3CC(C)(C)N(C)C(C)(C)C3)n2)c2nc(N(C)C3CC(C)(C)N(C)C(C)(C)C3)nc(N(C)C3CC(C)(C)N(C)C(C)(C)C3)n2)c2nc(N(C)C3CC(C)(C)N(C)C(C)(C)C3)nc(N(C)C3CC(C)(C)N(C)C(C)(C)C3)n2)nc(N(C)C2CC(C)(C)N(C)C(C)(C)C2)n1)C1CC(C)(C)N(C)C(C)(C)C1. The molecule has 12 heterocycles. The van der Waals surface area contributed by atoms with Crippen molar-refractivity contribution in [1.29, 1.82) is 0 Å². The summed E-state index contributed by atoms with van der Waals surface area (Å²) in [4.78, 5) is 112. The predicted octanol–water partition coefficient (Wildman–Crippen LogP) is 16.4. The second-order valence-electron chi connectivity index (χ2n) is 55.4. The number of hydrogen-bond donors (Lipinski definition) is 2. The number of nitrogens with zero attached hydrogens (tertiary/aromatic N) is 30. The summed E-state index contributed by atoms with van der Waals surface area (Å²) >= 11 is 0. The van der Waals surface area contributed by atoms with Crippen LogP contribution in [0.1, 0.15) is 337 Å². The van der Waals surface area contributed by atoms with Crippen LogP contribution in [0.15, 0.2) is 0 Å². The van der Waals surface area contributed by atoms with Gasteiger partial charge in [-0.2, -0.15) is 59.8 Å². The molecular weight excluding hydrogens is 1750 g/mol. The van der Waals surface area contributed by atoms with Gasteiger partial charge in [0.15, 0.2) is 0 Å². The van der Waals surface area contributed by atoms with Gasteiger partial charge in [0, 0.05) is 233 Å². The van der Waals surface area contributed by atoms with Crippen LogP contribution in [-0.4, -0.2) is 388 Å². The van der Waals surface area contributed by atoms with Crippen LogP contribution in [0.5, 0.6) is 0 Å². The Balaban J connectivity index is 1.01. The van der Waals surface area contributed by atoms with Crippen molar-refractivity contribution in [2.75, 3.05) is 212 Å². The Kier molecular flexibility index (Phi) is 31.4. The number of anilines is 12. The average Bonchev–Trinajstić information content (AvgIpc) is 0.770. The van der Waals surface area contributed by atoms with E-state index in [0.717, 1.165) is 103 Å². The second-order valence-corrected chi connectivity index (χ2v) is 55.4. The zero-order valence-electron chi connectivity index (χ0n) is 98.0. The molecule has 4 aromatic rings. The number of likely N-dealkylation sites (tertiary alicyclic amines) is 8. The first-order chi connectivity index (χ1) is 63.8. The average molecular weight is 1950 g/mol. The van der Waals surface area contributed by atoms with E-state index in [-0.39, 0.29) is 137 Å². The molecule has 0 amide bonds. The van der Waals surface area contributed by atoms with E-state index in [1.54, 1.807) is 0 Å². The van der Waals surface area contributed by atoms with Gasteiger partial charge in [0.2, 0.25) is 71.4 Å². The molecular formula is C108H202N32. The molecule has 0 aliphatic carbocycles. The Bertz CT molecular complexity index is 4180. The highest BCUT2D eigenvalue weighted by Gasteiger charge is 2.54. The van der Waals surface area contributed by atoms with E-state index in [4.69, 9.17) is 59.8 Å². The molecule has 0 saturated carbocycles. The molecule has 8 aliphatic rings. The van der Waals surface area contributed by atoms with Crippen molar-refractivity contribution in [1.82, 2.24) is 99.0 Å².